The van der Waals surface area contributed by atoms with E-state index in [9.17, 15) is 13.2 Å². The minimum Gasteiger partial charge on any atom is -0.490 e. The van der Waals surface area contributed by atoms with Crippen molar-refractivity contribution in [2.24, 2.45) is 0 Å². The minimum absolute atomic E-state index is 0.0862. The van der Waals surface area contributed by atoms with E-state index in [1.807, 2.05) is 19.9 Å². The van der Waals surface area contributed by atoms with Gasteiger partial charge in [-0.3, -0.25) is 9.52 Å². The van der Waals surface area contributed by atoms with Gasteiger partial charge in [-0.25, -0.2) is 8.42 Å². The van der Waals surface area contributed by atoms with Crippen LogP contribution in [0.1, 0.15) is 28.4 Å². The lowest BCUT2D eigenvalue weighted by Gasteiger charge is -2.14. The normalized spacial score (nSPS) is 11.1. The number of aryl methyl sites for hydroxylation is 2. The molecule has 0 fully saturated rings. The van der Waals surface area contributed by atoms with Crippen molar-refractivity contribution in [1.29, 1.82) is 0 Å². The van der Waals surface area contributed by atoms with Gasteiger partial charge in [0.25, 0.3) is 15.9 Å². The third kappa shape index (κ3) is 6.57. The van der Waals surface area contributed by atoms with Crippen molar-refractivity contribution in [3.63, 3.8) is 0 Å². The fraction of sp³-hybridized carbons (Fsp3) is 0.240. The molecule has 0 atom stereocenters. The van der Waals surface area contributed by atoms with Crippen molar-refractivity contribution in [2.75, 3.05) is 29.9 Å². The quantitative estimate of drug-likeness (QED) is 0.418. The lowest BCUT2D eigenvalue weighted by Crippen LogP contribution is -2.17. The first-order chi connectivity index (χ1) is 15.8. The van der Waals surface area contributed by atoms with Crippen LogP contribution in [0.2, 0.25) is 0 Å². The molecule has 0 radical (unpaired) electrons. The van der Waals surface area contributed by atoms with Crippen LogP contribution in [0.25, 0.3) is 0 Å². The molecule has 0 unspecified atom stereocenters. The maximum absolute atomic E-state index is 13.0. The molecule has 0 aliphatic carbocycles. The van der Waals surface area contributed by atoms with E-state index >= 15 is 0 Å². The molecule has 1 amide bonds. The molecule has 0 aliphatic heterocycles. The number of benzene rings is 3. The first kappa shape index (κ1) is 24.3. The largest absolute Gasteiger partial charge is 0.490 e. The van der Waals surface area contributed by atoms with Gasteiger partial charge in [0.2, 0.25) is 0 Å². The van der Waals surface area contributed by atoms with Gasteiger partial charge in [-0.1, -0.05) is 30.3 Å². The summed E-state index contributed by atoms with van der Waals surface area (Å²) in [5, 5.41) is 2.77. The Kier molecular flexibility index (Phi) is 8.08. The summed E-state index contributed by atoms with van der Waals surface area (Å²) in [4.78, 5) is 13.0. The average molecular weight is 469 g/mol. The van der Waals surface area contributed by atoms with Crippen molar-refractivity contribution in [2.45, 2.75) is 25.7 Å². The van der Waals surface area contributed by atoms with Gasteiger partial charge in [-0.2, -0.15) is 0 Å². The fourth-order valence-corrected chi connectivity index (χ4v) is 4.54. The second-order valence-electron chi connectivity index (χ2n) is 7.45. The third-order valence-corrected chi connectivity index (χ3v) is 6.35. The molecule has 0 aliphatic rings. The fourth-order valence-electron chi connectivity index (χ4n) is 3.22. The van der Waals surface area contributed by atoms with Crippen molar-refractivity contribution in [1.82, 2.24) is 0 Å². The van der Waals surface area contributed by atoms with Crippen LogP contribution in [0.4, 0.5) is 11.4 Å². The monoisotopic (exact) mass is 468 g/mol. The number of rotatable bonds is 10. The lowest BCUT2D eigenvalue weighted by molar-refractivity contribution is 0.0998. The predicted octanol–water partition coefficient (Wildman–Crippen LogP) is 4.77. The zero-order valence-electron chi connectivity index (χ0n) is 18.9. The van der Waals surface area contributed by atoms with E-state index in [2.05, 4.69) is 10.0 Å². The highest BCUT2D eigenvalue weighted by atomic mass is 32.2. The lowest BCUT2D eigenvalue weighted by atomic mass is 10.1. The van der Waals surface area contributed by atoms with Crippen LogP contribution in [0, 0.1) is 13.8 Å². The number of ether oxygens (including phenoxy) is 2. The summed E-state index contributed by atoms with van der Waals surface area (Å²) in [6, 6.07) is 18.7. The number of amides is 1. The molecule has 2 N–H and O–H groups in total. The zero-order chi connectivity index (χ0) is 23.8. The van der Waals surface area contributed by atoms with Gasteiger partial charge in [0, 0.05) is 18.0 Å². The minimum atomic E-state index is -3.85. The Morgan fingerprint density at radius 3 is 2.45 bits per heavy atom. The van der Waals surface area contributed by atoms with E-state index in [-0.39, 0.29) is 4.90 Å². The molecule has 0 heterocycles. The molecule has 0 bridgehead atoms. The Hall–Kier alpha value is -3.36. The van der Waals surface area contributed by atoms with Crippen molar-refractivity contribution in [3.05, 3.63) is 83.4 Å². The number of anilines is 2. The molecule has 3 rings (SSSR count). The maximum Gasteiger partial charge on any atom is 0.262 e. The summed E-state index contributed by atoms with van der Waals surface area (Å²) in [7, 11) is -3.85. The number of sulfonamides is 1. The first-order valence-corrected chi connectivity index (χ1v) is 12.1. The maximum atomic E-state index is 13.0. The molecular weight excluding hydrogens is 440 g/mol. The van der Waals surface area contributed by atoms with E-state index in [4.69, 9.17) is 9.47 Å². The summed E-state index contributed by atoms with van der Waals surface area (Å²) in [5.41, 5.74) is 2.68. The molecule has 7 nitrogen and oxygen atoms in total. The SMILES string of the molecule is CCOCCOc1ccccc1C(=O)Nc1ccc(C)c(S(=O)(=O)Nc2cccc(C)c2)c1. The Bertz CT molecular complexity index is 1220. The van der Waals surface area contributed by atoms with Crippen molar-refractivity contribution in [3.8, 4) is 5.75 Å². The molecule has 0 saturated carbocycles. The van der Waals surface area contributed by atoms with Crippen LogP contribution < -0.4 is 14.8 Å². The highest BCUT2D eigenvalue weighted by Crippen LogP contribution is 2.25. The van der Waals surface area contributed by atoms with Gasteiger partial charge in [0.05, 0.1) is 17.1 Å². The molecule has 8 heteroatoms. The van der Waals surface area contributed by atoms with E-state index < -0.39 is 15.9 Å². The van der Waals surface area contributed by atoms with E-state index in [0.29, 0.717) is 48.1 Å². The number of carbonyl (C=O) groups excluding carboxylic acids is 1. The van der Waals surface area contributed by atoms with Crippen molar-refractivity contribution < 1.29 is 22.7 Å². The van der Waals surface area contributed by atoms with E-state index in [1.54, 1.807) is 61.5 Å². The first-order valence-electron chi connectivity index (χ1n) is 10.6. The Morgan fingerprint density at radius 2 is 1.70 bits per heavy atom. The van der Waals surface area contributed by atoms with Crippen LogP contribution in [0.15, 0.2) is 71.6 Å². The second-order valence-corrected chi connectivity index (χ2v) is 9.10. The topological polar surface area (TPSA) is 93.7 Å². The third-order valence-electron chi connectivity index (χ3n) is 4.83. The molecule has 33 heavy (non-hydrogen) atoms. The summed E-state index contributed by atoms with van der Waals surface area (Å²) >= 11 is 0. The van der Waals surface area contributed by atoms with E-state index in [0.717, 1.165) is 5.56 Å². The Morgan fingerprint density at radius 1 is 0.909 bits per heavy atom. The number of para-hydroxylation sites is 1. The molecule has 0 aromatic heterocycles. The van der Waals surface area contributed by atoms with Crippen LogP contribution in [0.5, 0.6) is 5.75 Å². The van der Waals surface area contributed by atoms with Crippen LogP contribution >= 0.6 is 0 Å². The molecule has 0 saturated heterocycles. The smallest absolute Gasteiger partial charge is 0.262 e. The standard InChI is InChI=1S/C25H28N2O5S/c1-4-31-14-15-32-23-11-6-5-10-22(23)25(28)26-20-13-12-19(3)24(17-20)33(29,30)27-21-9-7-8-18(2)16-21/h5-13,16-17,27H,4,14-15H2,1-3H3,(H,26,28). The van der Waals surface area contributed by atoms with Gasteiger partial charge >= 0.3 is 0 Å². The van der Waals surface area contributed by atoms with Crippen LogP contribution in [-0.2, 0) is 14.8 Å². The second kappa shape index (κ2) is 11.0. The van der Waals surface area contributed by atoms with Gasteiger partial charge in [-0.15, -0.1) is 0 Å². The summed E-state index contributed by atoms with van der Waals surface area (Å²) in [5.74, 6) is 0.0247. The van der Waals surface area contributed by atoms with Gasteiger partial charge < -0.3 is 14.8 Å². The number of hydrogen-bond acceptors (Lipinski definition) is 5. The Balaban J connectivity index is 1.79. The summed E-state index contributed by atoms with van der Waals surface area (Å²) in [6.07, 6.45) is 0. The summed E-state index contributed by atoms with van der Waals surface area (Å²) < 4.78 is 39.6. The zero-order valence-corrected chi connectivity index (χ0v) is 19.7. The molecular formula is C25H28N2O5S. The molecule has 174 valence electrons. The number of carbonyl (C=O) groups is 1. The molecule has 3 aromatic rings. The molecule has 3 aromatic carbocycles. The number of nitrogens with one attached hydrogen (secondary N) is 2. The number of hydrogen-bond donors (Lipinski definition) is 2. The van der Waals surface area contributed by atoms with Gasteiger partial charge in [0.15, 0.2) is 0 Å². The van der Waals surface area contributed by atoms with Gasteiger partial charge in [-0.05, 0) is 68.3 Å². The average Bonchev–Trinajstić information content (AvgIpc) is 2.78. The predicted molar refractivity (Wildman–Crippen MR) is 130 cm³/mol. The highest BCUT2D eigenvalue weighted by Gasteiger charge is 2.19. The van der Waals surface area contributed by atoms with Crippen LogP contribution in [0.3, 0.4) is 0 Å². The van der Waals surface area contributed by atoms with Crippen molar-refractivity contribution >= 4 is 27.3 Å². The van der Waals surface area contributed by atoms with Gasteiger partial charge in [0.1, 0.15) is 12.4 Å². The summed E-state index contributed by atoms with van der Waals surface area (Å²) in [6.45, 7) is 6.81. The van der Waals surface area contributed by atoms with E-state index in [1.165, 1.54) is 6.07 Å². The Labute approximate surface area is 194 Å². The highest BCUT2D eigenvalue weighted by molar-refractivity contribution is 7.92. The van der Waals surface area contributed by atoms with Crippen LogP contribution in [-0.4, -0.2) is 34.1 Å². The molecule has 0 spiro atoms.